The molecule has 2 amide bonds. The maximum atomic E-state index is 12.4. The summed E-state index contributed by atoms with van der Waals surface area (Å²) in [5.74, 6) is 1.43. The highest BCUT2D eigenvalue weighted by Gasteiger charge is 2.30. The molecule has 3 rings (SSSR count). The van der Waals surface area contributed by atoms with Crippen molar-refractivity contribution in [2.24, 2.45) is 5.92 Å². The largest absolute Gasteiger partial charge is 0.485 e. The van der Waals surface area contributed by atoms with Crippen molar-refractivity contribution in [1.29, 1.82) is 0 Å². The molecule has 1 aromatic carbocycles. The third-order valence-electron chi connectivity index (χ3n) is 4.63. The fourth-order valence-electron chi connectivity index (χ4n) is 3.15. The van der Waals surface area contributed by atoms with Crippen LogP contribution in [0.15, 0.2) is 24.3 Å². The molecule has 0 spiro atoms. The molecule has 148 valence electrons. The van der Waals surface area contributed by atoms with E-state index in [0.717, 1.165) is 12.8 Å². The number of rotatable bonds is 3. The van der Waals surface area contributed by atoms with Crippen molar-refractivity contribution in [3.05, 3.63) is 24.3 Å². The molecular formula is C20H28N2O5. The molecule has 0 radical (unpaired) electrons. The molecule has 2 heterocycles. The van der Waals surface area contributed by atoms with E-state index < -0.39 is 11.7 Å². The Bertz CT molecular complexity index is 677. The van der Waals surface area contributed by atoms with Gasteiger partial charge in [0, 0.05) is 19.6 Å². The highest BCUT2D eigenvalue weighted by Crippen LogP contribution is 2.30. The Labute approximate surface area is 160 Å². The number of ether oxygens (including phenoxy) is 3. The normalized spacial score (nSPS) is 20.1. The van der Waals surface area contributed by atoms with Crippen molar-refractivity contribution < 1.29 is 23.8 Å². The van der Waals surface area contributed by atoms with Gasteiger partial charge in [0.1, 0.15) is 12.2 Å². The van der Waals surface area contributed by atoms with Gasteiger partial charge in [-0.05, 0) is 51.7 Å². The van der Waals surface area contributed by atoms with Gasteiger partial charge >= 0.3 is 6.09 Å². The van der Waals surface area contributed by atoms with Gasteiger partial charge in [0.25, 0.3) is 5.91 Å². The minimum atomic E-state index is -0.637. The van der Waals surface area contributed by atoms with E-state index in [1.165, 1.54) is 0 Å². The number of hydrogen-bond acceptors (Lipinski definition) is 5. The monoisotopic (exact) mass is 376 g/mol. The molecule has 0 saturated carbocycles. The molecule has 0 unspecified atom stereocenters. The number of carbonyl (C=O) groups excluding carboxylic acids is 2. The first-order chi connectivity index (χ1) is 12.8. The Morgan fingerprint density at radius 2 is 1.85 bits per heavy atom. The molecule has 1 atom stereocenters. The Morgan fingerprint density at radius 3 is 2.52 bits per heavy atom. The molecule has 2 aliphatic heterocycles. The van der Waals surface area contributed by atoms with Gasteiger partial charge in [-0.3, -0.25) is 4.79 Å². The summed E-state index contributed by atoms with van der Waals surface area (Å²) in [7, 11) is 0. The Balaban J connectivity index is 1.40. The van der Waals surface area contributed by atoms with Crippen LogP contribution in [0.2, 0.25) is 0 Å². The number of hydrogen-bond donors (Lipinski definition) is 1. The minimum absolute atomic E-state index is 0.168. The molecule has 1 N–H and O–H groups in total. The van der Waals surface area contributed by atoms with Gasteiger partial charge < -0.3 is 24.4 Å². The molecule has 2 aliphatic rings. The zero-order chi connectivity index (χ0) is 19.4. The van der Waals surface area contributed by atoms with Crippen LogP contribution in [0.1, 0.15) is 33.6 Å². The first-order valence-electron chi connectivity index (χ1n) is 9.46. The first-order valence-corrected chi connectivity index (χ1v) is 9.46. The number of piperidine rings is 1. The summed E-state index contributed by atoms with van der Waals surface area (Å²) in [5.41, 5.74) is -0.484. The van der Waals surface area contributed by atoms with Gasteiger partial charge in [-0.2, -0.15) is 0 Å². The maximum absolute atomic E-state index is 12.4. The average molecular weight is 376 g/mol. The molecule has 1 aromatic rings. The fraction of sp³-hybridized carbons (Fsp3) is 0.600. The number of nitrogens with zero attached hydrogens (tertiary/aromatic N) is 1. The van der Waals surface area contributed by atoms with Crippen molar-refractivity contribution in [2.75, 3.05) is 26.2 Å². The van der Waals surface area contributed by atoms with E-state index in [2.05, 4.69) is 5.32 Å². The van der Waals surface area contributed by atoms with Crippen LogP contribution < -0.4 is 14.8 Å². The van der Waals surface area contributed by atoms with Gasteiger partial charge in [0.15, 0.2) is 11.5 Å². The summed E-state index contributed by atoms with van der Waals surface area (Å²) in [6.45, 7) is 7.66. The number of benzene rings is 1. The summed E-state index contributed by atoms with van der Waals surface area (Å²) in [6.07, 6.45) is 0.771. The molecule has 0 aliphatic carbocycles. The van der Waals surface area contributed by atoms with Gasteiger partial charge in [-0.25, -0.2) is 4.79 Å². The van der Waals surface area contributed by atoms with Gasteiger partial charge in [0.2, 0.25) is 6.10 Å². The van der Waals surface area contributed by atoms with Gasteiger partial charge in [0.05, 0.1) is 0 Å². The van der Waals surface area contributed by atoms with E-state index in [9.17, 15) is 9.59 Å². The van der Waals surface area contributed by atoms with Crippen molar-refractivity contribution >= 4 is 12.0 Å². The lowest BCUT2D eigenvalue weighted by Gasteiger charge is -2.33. The van der Waals surface area contributed by atoms with Crippen molar-refractivity contribution in [2.45, 2.75) is 45.3 Å². The summed E-state index contributed by atoms with van der Waals surface area (Å²) >= 11 is 0. The lowest BCUT2D eigenvalue weighted by atomic mass is 9.97. The highest BCUT2D eigenvalue weighted by atomic mass is 16.6. The van der Waals surface area contributed by atoms with E-state index in [0.29, 0.717) is 37.1 Å². The molecule has 7 heteroatoms. The van der Waals surface area contributed by atoms with Crippen LogP contribution in [-0.4, -0.2) is 54.8 Å². The molecule has 27 heavy (non-hydrogen) atoms. The van der Waals surface area contributed by atoms with Crippen molar-refractivity contribution in [3.63, 3.8) is 0 Å². The second-order valence-corrected chi connectivity index (χ2v) is 8.02. The predicted molar refractivity (Wildman–Crippen MR) is 99.9 cm³/mol. The van der Waals surface area contributed by atoms with E-state index >= 15 is 0 Å². The van der Waals surface area contributed by atoms with E-state index in [4.69, 9.17) is 14.2 Å². The summed E-state index contributed by atoms with van der Waals surface area (Å²) < 4.78 is 16.7. The summed E-state index contributed by atoms with van der Waals surface area (Å²) in [4.78, 5) is 26.2. The van der Waals surface area contributed by atoms with E-state index in [1.807, 2.05) is 39.0 Å². The van der Waals surface area contributed by atoms with E-state index in [-0.39, 0.29) is 18.6 Å². The number of carbonyl (C=O) groups is 2. The molecule has 1 fully saturated rings. The second-order valence-electron chi connectivity index (χ2n) is 8.02. The van der Waals surface area contributed by atoms with Crippen LogP contribution in [-0.2, 0) is 9.53 Å². The lowest BCUT2D eigenvalue weighted by Crippen LogP contribution is -2.47. The maximum Gasteiger partial charge on any atom is 0.410 e. The van der Waals surface area contributed by atoms with Gasteiger partial charge in [-0.1, -0.05) is 12.1 Å². The van der Waals surface area contributed by atoms with Crippen LogP contribution in [0.3, 0.4) is 0 Å². The van der Waals surface area contributed by atoms with Crippen LogP contribution in [0.25, 0.3) is 0 Å². The quantitative estimate of drug-likeness (QED) is 0.877. The third kappa shape index (κ3) is 5.28. The lowest BCUT2D eigenvalue weighted by molar-refractivity contribution is -0.130. The van der Waals surface area contributed by atoms with Crippen LogP contribution in [0.4, 0.5) is 4.79 Å². The number of amides is 2. The predicted octanol–water partition coefficient (Wildman–Crippen LogP) is 2.59. The second kappa shape index (κ2) is 8.06. The summed E-state index contributed by atoms with van der Waals surface area (Å²) in [6, 6.07) is 7.33. The van der Waals surface area contributed by atoms with Crippen LogP contribution >= 0.6 is 0 Å². The third-order valence-corrected chi connectivity index (χ3v) is 4.63. The summed E-state index contributed by atoms with van der Waals surface area (Å²) in [5, 5.41) is 2.96. The average Bonchev–Trinajstić information content (AvgIpc) is 2.64. The van der Waals surface area contributed by atoms with Crippen LogP contribution in [0, 0.1) is 5.92 Å². The molecular weight excluding hydrogens is 348 g/mol. The van der Waals surface area contributed by atoms with E-state index in [1.54, 1.807) is 11.0 Å². The number of para-hydroxylation sites is 2. The zero-order valence-corrected chi connectivity index (χ0v) is 16.2. The topological polar surface area (TPSA) is 77.1 Å². The number of fused-ring (bicyclic) bond motifs is 1. The Hall–Kier alpha value is -2.44. The smallest absolute Gasteiger partial charge is 0.410 e. The first kappa shape index (κ1) is 19.3. The van der Waals surface area contributed by atoms with Crippen LogP contribution in [0.5, 0.6) is 11.5 Å². The van der Waals surface area contributed by atoms with Crippen molar-refractivity contribution in [1.82, 2.24) is 10.2 Å². The molecule has 0 bridgehead atoms. The highest BCUT2D eigenvalue weighted by molar-refractivity contribution is 5.81. The number of nitrogens with one attached hydrogen (secondary N) is 1. The number of likely N-dealkylation sites (tertiary alicyclic amines) is 1. The standard InChI is InChI=1S/C20H28N2O5/c1-20(2,3)27-19(24)22-10-8-14(9-11-22)12-21-18(23)17-13-25-15-6-4-5-7-16(15)26-17/h4-7,14,17H,8-13H2,1-3H3,(H,21,23)/t17-/m0/s1. The van der Waals surface area contributed by atoms with Gasteiger partial charge in [-0.15, -0.1) is 0 Å². The SMILES string of the molecule is CC(C)(C)OC(=O)N1CCC(CNC(=O)[C@@H]2COc3ccccc3O2)CC1. The Morgan fingerprint density at radius 1 is 1.19 bits per heavy atom. The molecule has 0 aromatic heterocycles. The zero-order valence-electron chi connectivity index (χ0n) is 16.2. The molecule has 1 saturated heterocycles. The minimum Gasteiger partial charge on any atom is -0.485 e. The van der Waals surface area contributed by atoms with Crippen molar-refractivity contribution in [3.8, 4) is 11.5 Å². The Kier molecular flexibility index (Phi) is 5.77. The fourth-order valence-corrected chi connectivity index (χ4v) is 3.15. The molecule has 7 nitrogen and oxygen atoms in total.